The van der Waals surface area contributed by atoms with Gasteiger partial charge in [-0.25, -0.2) is 0 Å². The van der Waals surface area contributed by atoms with E-state index in [1.165, 1.54) is 12.8 Å². The molecule has 0 aliphatic heterocycles. The molecule has 3 nitrogen and oxygen atoms in total. The number of nitrogens with two attached hydrogens (primary N) is 1. The van der Waals surface area contributed by atoms with Crippen LogP contribution >= 0.6 is 11.8 Å². The minimum absolute atomic E-state index is 0.197. The van der Waals surface area contributed by atoms with Crippen molar-refractivity contribution in [1.29, 1.82) is 5.26 Å². The first kappa shape index (κ1) is 13.3. The van der Waals surface area contributed by atoms with Crippen molar-refractivity contribution in [1.82, 2.24) is 0 Å². The molecular weight excluding hydrogens is 242 g/mol. The molecule has 1 aromatic rings. The summed E-state index contributed by atoms with van der Waals surface area (Å²) in [6.45, 7) is 0. The Morgan fingerprint density at radius 3 is 2.83 bits per heavy atom. The normalized spacial score (nSPS) is 23.4. The summed E-state index contributed by atoms with van der Waals surface area (Å²) in [6, 6.07) is 8.73. The molecule has 0 heterocycles. The lowest BCUT2D eigenvalue weighted by atomic mass is 9.90. The first-order chi connectivity index (χ1) is 8.76. The zero-order valence-corrected chi connectivity index (χ0v) is 11.5. The molecule has 1 aromatic carbocycles. The van der Waals surface area contributed by atoms with Gasteiger partial charge in [0.25, 0.3) is 0 Å². The molecule has 18 heavy (non-hydrogen) atoms. The molecule has 1 aliphatic carbocycles. The second-order valence-corrected chi connectivity index (χ2v) is 5.54. The Bertz CT molecular complexity index is 453. The molecule has 96 valence electrons. The van der Waals surface area contributed by atoms with Crippen LogP contribution in [0, 0.1) is 11.3 Å². The molecule has 1 aliphatic rings. The standard InChI is InChI=1S/C14H19N3S/c1-18-14-8-4-7-12(10(14)9-15)17-13-6-3-2-5-11(13)16/h4,7-8,11,13,17H,2-3,5-6,16H2,1H3. The van der Waals surface area contributed by atoms with Gasteiger partial charge in [-0.15, -0.1) is 11.8 Å². The number of nitriles is 1. The van der Waals surface area contributed by atoms with Crippen molar-refractivity contribution in [3.63, 3.8) is 0 Å². The smallest absolute Gasteiger partial charge is 0.102 e. The maximum atomic E-state index is 9.29. The highest BCUT2D eigenvalue weighted by molar-refractivity contribution is 7.98. The Kier molecular flexibility index (Phi) is 4.51. The number of nitrogens with zero attached hydrogens (tertiary/aromatic N) is 1. The van der Waals surface area contributed by atoms with E-state index >= 15 is 0 Å². The van der Waals surface area contributed by atoms with Gasteiger partial charge in [-0.1, -0.05) is 18.9 Å². The van der Waals surface area contributed by atoms with Gasteiger partial charge in [-0.3, -0.25) is 0 Å². The van der Waals surface area contributed by atoms with Gasteiger partial charge in [0.1, 0.15) is 6.07 Å². The van der Waals surface area contributed by atoms with E-state index in [0.717, 1.165) is 29.0 Å². The van der Waals surface area contributed by atoms with Crippen molar-refractivity contribution in [2.45, 2.75) is 42.7 Å². The average molecular weight is 261 g/mol. The first-order valence-electron chi connectivity index (χ1n) is 6.35. The predicted octanol–water partition coefficient (Wildman–Crippen LogP) is 2.96. The van der Waals surface area contributed by atoms with Gasteiger partial charge < -0.3 is 11.1 Å². The van der Waals surface area contributed by atoms with Crippen LogP contribution in [0.25, 0.3) is 0 Å². The lowest BCUT2D eigenvalue weighted by molar-refractivity contribution is 0.404. The van der Waals surface area contributed by atoms with Gasteiger partial charge in [0.15, 0.2) is 0 Å². The van der Waals surface area contributed by atoms with Crippen molar-refractivity contribution in [3.8, 4) is 6.07 Å². The van der Waals surface area contributed by atoms with Crippen molar-refractivity contribution in [2.75, 3.05) is 11.6 Å². The molecule has 0 radical (unpaired) electrons. The molecule has 0 amide bonds. The molecule has 0 bridgehead atoms. The average Bonchev–Trinajstić information content (AvgIpc) is 2.41. The summed E-state index contributed by atoms with van der Waals surface area (Å²) in [7, 11) is 0. The van der Waals surface area contributed by atoms with Gasteiger partial charge in [0, 0.05) is 17.0 Å². The van der Waals surface area contributed by atoms with Gasteiger partial charge in [-0.2, -0.15) is 5.26 Å². The van der Waals surface area contributed by atoms with Gasteiger partial charge in [0.05, 0.1) is 11.3 Å². The molecule has 2 atom stereocenters. The Morgan fingerprint density at radius 2 is 2.17 bits per heavy atom. The maximum absolute atomic E-state index is 9.29. The SMILES string of the molecule is CSc1cccc(NC2CCCCC2N)c1C#N. The van der Waals surface area contributed by atoms with Crippen LogP contribution < -0.4 is 11.1 Å². The van der Waals surface area contributed by atoms with Gasteiger partial charge in [0.2, 0.25) is 0 Å². The maximum Gasteiger partial charge on any atom is 0.102 e. The number of hydrogen-bond donors (Lipinski definition) is 2. The van der Waals surface area contributed by atoms with Crippen molar-refractivity contribution >= 4 is 17.4 Å². The Labute approximate surface area is 113 Å². The summed E-state index contributed by atoms with van der Waals surface area (Å²) in [6.07, 6.45) is 6.59. The first-order valence-corrected chi connectivity index (χ1v) is 7.58. The van der Waals surface area contributed by atoms with Crippen LogP contribution in [0.1, 0.15) is 31.2 Å². The van der Waals surface area contributed by atoms with E-state index in [4.69, 9.17) is 5.73 Å². The summed E-state index contributed by atoms with van der Waals surface area (Å²) >= 11 is 1.60. The lowest BCUT2D eigenvalue weighted by Crippen LogP contribution is -2.42. The molecule has 0 saturated heterocycles. The summed E-state index contributed by atoms with van der Waals surface area (Å²) in [4.78, 5) is 1.02. The molecule has 1 fully saturated rings. The summed E-state index contributed by atoms with van der Waals surface area (Å²) in [5.74, 6) is 0. The van der Waals surface area contributed by atoms with Gasteiger partial charge in [-0.05, 0) is 31.2 Å². The summed E-state index contributed by atoms with van der Waals surface area (Å²) in [5, 5.41) is 12.8. The molecule has 0 spiro atoms. The fraction of sp³-hybridized carbons (Fsp3) is 0.500. The van der Waals surface area contributed by atoms with E-state index in [2.05, 4.69) is 11.4 Å². The zero-order chi connectivity index (χ0) is 13.0. The number of rotatable bonds is 3. The van der Waals surface area contributed by atoms with Crippen molar-refractivity contribution in [3.05, 3.63) is 23.8 Å². The molecular formula is C14H19N3S. The van der Waals surface area contributed by atoms with Crippen LogP contribution in [0.2, 0.25) is 0 Å². The molecule has 2 rings (SSSR count). The quantitative estimate of drug-likeness (QED) is 0.821. The van der Waals surface area contributed by atoms with Crippen LogP contribution in [0.15, 0.2) is 23.1 Å². The van der Waals surface area contributed by atoms with Crippen LogP contribution in [0.3, 0.4) is 0 Å². The predicted molar refractivity (Wildman–Crippen MR) is 76.8 cm³/mol. The van der Waals surface area contributed by atoms with E-state index in [9.17, 15) is 5.26 Å². The number of benzene rings is 1. The highest BCUT2D eigenvalue weighted by Gasteiger charge is 2.22. The Hall–Kier alpha value is -1.18. The monoisotopic (exact) mass is 261 g/mol. The second-order valence-electron chi connectivity index (χ2n) is 4.69. The van der Waals surface area contributed by atoms with Crippen molar-refractivity contribution in [2.24, 2.45) is 5.73 Å². The number of anilines is 1. The number of hydrogen-bond acceptors (Lipinski definition) is 4. The summed E-state index contributed by atoms with van der Waals surface area (Å²) < 4.78 is 0. The highest BCUT2D eigenvalue weighted by Crippen LogP contribution is 2.28. The van der Waals surface area contributed by atoms with Crippen molar-refractivity contribution < 1.29 is 0 Å². The summed E-state index contributed by atoms with van der Waals surface area (Å²) in [5.41, 5.74) is 7.80. The third-order valence-electron chi connectivity index (χ3n) is 3.52. The highest BCUT2D eigenvalue weighted by atomic mass is 32.2. The molecule has 1 saturated carbocycles. The van der Waals surface area contributed by atoms with Gasteiger partial charge >= 0.3 is 0 Å². The fourth-order valence-corrected chi connectivity index (χ4v) is 3.05. The van der Waals surface area contributed by atoms with E-state index in [-0.39, 0.29) is 6.04 Å². The van der Waals surface area contributed by atoms with E-state index in [0.29, 0.717) is 6.04 Å². The number of thioether (sulfide) groups is 1. The zero-order valence-electron chi connectivity index (χ0n) is 10.6. The largest absolute Gasteiger partial charge is 0.380 e. The fourth-order valence-electron chi connectivity index (χ4n) is 2.48. The van der Waals surface area contributed by atoms with Crippen LogP contribution in [0.5, 0.6) is 0 Å². The topological polar surface area (TPSA) is 61.8 Å². The lowest BCUT2D eigenvalue weighted by Gasteiger charge is -2.30. The second kappa shape index (κ2) is 6.12. The van der Waals surface area contributed by atoms with E-state index in [1.54, 1.807) is 11.8 Å². The minimum atomic E-state index is 0.197. The minimum Gasteiger partial charge on any atom is -0.380 e. The molecule has 4 heteroatoms. The number of nitrogens with one attached hydrogen (secondary N) is 1. The Morgan fingerprint density at radius 1 is 1.39 bits per heavy atom. The molecule has 2 unspecified atom stereocenters. The Balaban J connectivity index is 2.20. The van der Waals surface area contributed by atoms with E-state index in [1.807, 2.05) is 24.5 Å². The molecule has 0 aromatic heterocycles. The van der Waals surface area contributed by atoms with Crippen LogP contribution in [0.4, 0.5) is 5.69 Å². The molecule has 3 N–H and O–H groups in total. The van der Waals surface area contributed by atoms with Crippen LogP contribution in [-0.4, -0.2) is 18.3 Å². The third-order valence-corrected chi connectivity index (χ3v) is 4.30. The van der Waals surface area contributed by atoms with Crippen LogP contribution in [-0.2, 0) is 0 Å². The van der Waals surface area contributed by atoms with E-state index < -0.39 is 0 Å². The third kappa shape index (κ3) is 2.80.